The van der Waals surface area contributed by atoms with Gasteiger partial charge in [0, 0.05) is 11.3 Å². The van der Waals surface area contributed by atoms with Crippen LogP contribution in [0.3, 0.4) is 0 Å². The van der Waals surface area contributed by atoms with Gasteiger partial charge in [-0.25, -0.2) is 4.98 Å². The van der Waals surface area contributed by atoms with Gasteiger partial charge in [0.25, 0.3) is 0 Å². The molecule has 1 amide bonds. The Bertz CT molecular complexity index is 863. The van der Waals surface area contributed by atoms with Crippen molar-refractivity contribution in [2.75, 3.05) is 12.9 Å². The number of rotatable bonds is 8. The summed E-state index contributed by atoms with van der Waals surface area (Å²) in [6, 6.07) is 17.5. The van der Waals surface area contributed by atoms with Crippen molar-refractivity contribution in [2.45, 2.75) is 18.7 Å². The quantitative estimate of drug-likeness (QED) is 0.623. The molecule has 0 aliphatic heterocycles. The van der Waals surface area contributed by atoms with E-state index < -0.39 is 0 Å². The van der Waals surface area contributed by atoms with Crippen LogP contribution in [0.5, 0.6) is 5.75 Å². The third-order valence-corrected chi connectivity index (χ3v) is 5.02. The number of benzene rings is 2. The first-order chi connectivity index (χ1) is 13.2. The molecular weight excluding hydrogens is 360 g/mol. The number of carbonyl (C=O) groups excluding carboxylic acids is 1. The Morgan fingerprint density at radius 2 is 1.93 bits per heavy atom. The van der Waals surface area contributed by atoms with E-state index in [4.69, 9.17) is 9.15 Å². The van der Waals surface area contributed by atoms with Crippen molar-refractivity contribution in [3.63, 3.8) is 0 Å². The number of thioether (sulfide) groups is 1. The SMILES string of the molecule is COc1ccc(-c2nc(CSCC(=O)NC(C)c3ccccc3)co2)cc1. The molecule has 0 aliphatic carbocycles. The van der Waals surface area contributed by atoms with Gasteiger partial charge in [0.15, 0.2) is 0 Å². The lowest BCUT2D eigenvalue weighted by Gasteiger charge is -2.13. The zero-order chi connectivity index (χ0) is 19.1. The number of oxazole rings is 1. The fraction of sp³-hybridized carbons (Fsp3) is 0.238. The fourth-order valence-corrected chi connectivity index (χ4v) is 3.31. The minimum atomic E-state index is -0.00646. The van der Waals surface area contributed by atoms with Crippen molar-refractivity contribution >= 4 is 17.7 Å². The highest BCUT2D eigenvalue weighted by Gasteiger charge is 2.11. The molecule has 0 radical (unpaired) electrons. The molecule has 0 bridgehead atoms. The van der Waals surface area contributed by atoms with Crippen LogP contribution >= 0.6 is 11.8 Å². The highest BCUT2D eigenvalue weighted by atomic mass is 32.2. The lowest BCUT2D eigenvalue weighted by Crippen LogP contribution is -2.28. The largest absolute Gasteiger partial charge is 0.497 e. The van der Waals surface area contributed by atoms with Gasteiger partial charge >= 0.3 is 0 Å². The summed E-state index contributed by atoms with van der Waals surface area (Å²) >= 11 is 1.51. The van der Waals surface area contributed by atoms with Crippen LogP contribution in [0.4, 0.5) is 0 Å². The standard InChI is InChI=1S/C21H22N2O3S/c1-15(16-6-4-3-5-7-16)22-20(24)14-27-13-18-12-26-21(23-18)17-8-10-19(25-2)11-9-17/h3-12,15H,13-14H2,1-2H3,(H,22,24). The van der Waals surface area contributed by atoms with E-state index in [0.717, 1.165) is 22.6 Å². The maximum Gasteiger partial charge on any atom is 0.230 e. The van der Waals surface area contributed by atoms with Gasteiger partial charge < -0.3 is 14.5 Å². The van der Waals surface area contributed by atoms with E-state index in [1.54, 1.807) is 13.4 Å². The summed E-state index contributed by atoms with van der Waals surface area (Å²) in [7, 11) is 1.63. The van der Waals surface area contributed by atoms with Crippen molar-refractivity contribution in [3.8, 4) is 17.2 Å². The van der Waals surface area contributed by atoms with E-state index >= 15 is 0 Å². The predicted molar refractivity (Wildman–Crippen MR) is 108 cm³/mol. The van der Waals surface area contributed by atoms with Gasteiger partial charge in [-0.2, -0.15) is 0 Å². The molecule has 1 aromatic heterocycles. The number of carbonyl (C=O) groups is 1. The second-order valence-corrected chi connectivity index (χ2v) is 7.05. The lowest BCUT2D eigenvalue weighted by atomic mass is 10.1. The van der Waals surface area contributed by atoms with Gasteiger partial charge in [0.2, 0.25) is 11.8 Å². The molecule has 0 spiro atoms. The van der Waals surface area contributed by atoms with Gasteiger partial charge in [-0.1, -0.05) is 30.3 Å². The number of hydrogen-bond acceptors (Lipinski definition) is 5. The Labute approximate surface area is 163 Å². The molecule has 1 heterocycles. The smallest absolute Gasteiger partial charge is 0.230 e. The molecule has 140 valence electrons. The molecule has 6 heteroatoms. The first kappa shape index (κ1) is 19.0. The number of hydrogen-bond donors (Lipinski definition) is 1. The van der Waals surface area contributed by atoms with Gasteiger partial charge in [-0.3, -0.25) is 4.79 Å². The van der Waals surface area contributed by atoms with Crippen molar-refractivity contribution in [2.24, 2.45) is 0 Å². The fourth-order valence-electron chi connectivity index (χ4n) is 2.60. The third-order valence-electron chi connectivity index (χ3n) is 4.05. The molecule has 2 aromatic carbocycles. The van der Waals surface area contributed by atoms with Crippen LogP contribution in [-0.4, -0.2) is 23.8 Å². The molecule has 1 unspecified atom stereocenters. The van der Waals surface area contributed by atoms with Crippen molar-refractivity contribution in [3.05, 3.63) is 72.1 Å². The summed E-state index contributed by atoms with van der Waals surface area (Å²) in [6.45, 7) is 1.98. The van der Waals surface area contributed by atoms with Gasteiger partial charge in [0.1, 0.15) is 12.0 Å². The van der Waals surface area contributed by atoms with Gasteiger partial charge in [-0.15, -0.1) is 11.8 Å². The minimum Gasteiger partial charge on any atom is -0.497 e. The van der Waals surface area contributed by atoms with E-state index in [2.05, 4.69) is 10.3 Å². The monoisotopic (exact) mass is 382 g/mol. The Kier molecular flexibility index (Phi) is 6.54. The van der Waals surface area contributed by atoms with Crippen LogP contribution in [0.25, 0.3) is 11.5 Å². The number of methoxy groups -OCH3 is 1. The van der Waals surface area contributed by atoms with E-state index in [1.807, 2.05) is 61.5 Å². The van der Waals surface area contributed by atoms with E-state index in [0.29, 0.717) is 17.4 Å². The Morgan fingerprint density at radius 3 is 2.63 bits per heavy atom. The van der Waals surface area contributed by atoms with E-state index in [-0.39, 0.29) is 11.9 Å². The maximum absolute atomic E-state index is 12.1. The molecule has 3 rings (SSSR count). The Balaban J connectivity index is 1.46. The highest BCUT2D eigenvalue weighted by Crippen LogP contribution is 2.23. The number of ether oxygens (including phenoxy) is 1. The first-order valence-corrected chi connectivity index (χ1v) is 9.82. The van der Waals surface area contributed by atoms with Crippen LogP contribution in [0.1, 0.15) is 24.2 Å². The van der Waals surface area contributed by atoms with Crippen molar-refractivity contribution in [1.82, 2.24) is 10.3 Å². The second-order valence-electron chi connectivity index (χ2n) is 6.07. The van der Waals surface area contributed by atoms with E-state index in [1.165, 1.54) is 11.8 Å². The summed E-state index contributed by atoms with van der Waals surface area (Å²) in [6.07, 6.45) is 1.64. The molecule has 0 saturated carbocycles. The summed E-state index contributed by atoms with van der Waals surface area (Å²) in [5, 5.41) is 3.01. The number of nitrogens with one attached hydrogen (secondary N) is 1. The summed E-state index contributed by atoms with van der Waals surface area (Å²) in [4.78, 5) is 16.6. The van der Waals surface area contributed by atoms with Crippen LogP contribution in [-0.2, 0) is 10.5 Å². The number of amides is 1. The number of nitrogens with zero attached hydrogens (tertiary/aromatic N) is 1. The zero-order valence-electron chi connectivity index (χ0n) is 15.3. The average molecular weight is 382 g/mol. The molecule has 1 atom stereocenters. The predicted octanol–water partition coefficient (Wildman–Crippen LogP) is 4.46. The summed E-state index contributed by atoms with van der Waals surface area (Å²) in [5.41, 5.74) is 2.80. The summed E-state index contributed by atoms with van der Waals surface area (Å²) in [5.74, 6) is 2.36. The number of aromatic nitrogens is 1. The second kappa shape index (κ2) is 9.28. The van der Waals surface area contributed by atoms with Crippen molar-refractivity contribution in [1.29, 1.82) is 0 Å². The molecule has 0 fully saturated rings. The molecule has 0 aliphatic rings. The Morgan fingerprint density at radius 1 is 1.19 bits per heavy atom. The van der Waals surface area contributed by atoms with Gasteiger partial charge in [0.05, 0.1) is 24.6 Å². The first-order valence-electron chi connectivity index (χ1n) is 8.66. The van der Waals surface area contributed by atoms with Crippen LogP contribution in [0.2, 0.25) is 0 Å². The molecule has 1 N–H and O–H groups in total. The third kappa shape index (κ3) is 5.37. The van der Waals surface area contributed by atoms with Crippen LogP contribution in [0.15, 0.2) is 65.3 Å². The molecular formula is C21H22N2O3S. The topological polar surface area (TPSA) is 64.4 Å². The Hall–Kier alpha value is -2.73. The van der Waals surface area contributed by atoms with Crippen molar-refractivity contribution < 1.29 is 13.9 Å². The molecule has 27 heavy (non-hydrogen) atoms. The van der Waals surface area contributed by atoms with Crippen LogP contribution < -0.4 is 10.1 Å². The minimum absolute atomic E-state index is 0.00646. The lowest BCUT2D eigenvalue weighted by molar-refractivity contribution is -0.119. The highest BCUT2D eigenvalue weighted by molar-refractivity contribution is 7.99. The normalized spacial score (nSPS) is 11.8. The molecule has 3 aromatic rings. The maximum atomic E-state index is 12.1. The zero-order valence-corrected chi connectivity index (χ0v) is 16.2. The molecule has 0 saturated heterocycles. The molecule has 5 nitrogen and oxygen atoms in total. The van der Waals surface area contributed by atoms with Gasteiger partial charge in [-0.05, 0) is 36.8 Å². The average Bonchev–Trinajstić information content (AvgIpc) is 3.17. The van der Waals surface area contributed by atoms with E-state index in [9.17, 15) is 4.79 Å². The van der Waals surface area contributed by atoms with Crippen LogP contribution in [0, 0.1) is 0 Å². The summed E-state index contributed by atoms with van der Waals surface area (Å²) < 4.78 is 10.7.